The quantitative estimate of drug-likeness (QED) is 0.525. The van der Waals surface area contributed by atoms with E-state index in [1.807, 2.05) is 36.4 Å². The van der Waals surface area contributed by atoms with Crippen LogP contribution in [0, 0.1) is 0 Å². The Bertz CT molecular complexity index is 1090. The van der Waals surface area contributed by atoms with E-state index in [9.17, 15) is 9.59 Å². The number of para-hydroxylation sites is 1. The third kappa shape index (κ3) is 5.79. The summed E-state index contributed by atoms with van der Waals surface area (Å²) in [5.41, 5.74) is 8.38. The third-order valence-corrected chi connectivity index (χ3v) is 5.96. The van der Waals surface area contributed by atoms with Gasteiger partial charge in [0, 0.05) is 12.1 Å². The Balaban J connectivity index is 1.40. The Kier molecular flexibility index (Phi) is 7.37. The van der Waals surface area contributed by atoms with Gasteiger partial charge in [-0.25, -0.2) is 0 Å². The van der Waals surface area contributed by atoms with E-state index in [2.05, 4.69) is 22.3 Å². The van der Waals surface area contributed by atoms with Gasteiger partial charge in [-0.15, -0.1) is 0 Å². The van der Waals surface area contributed by atoms with Gasteiger partial charge in [0.15, 0.2) is 0 Å². The lowest BCUT2D eigenvalue weighted by molar-refractivity contribution is 0.0937. The lowest BCUT2D eigenvalue weighted by Crippen LogP contribution is -2.36. The summed E-state index contributed by atoms with van der Waals surface area (Å²) in [6, 6.07) is 24.7. The molecule has 0 radical (unpaired) electrons. The average molecular weight is 444 g/mol. The molecule has 0 saturated carbocycles. The van der Waals surface area contributed by atoms with Crippen molar-refractivity contribution in [3.63, 3.8) is 0 Å². The van der Waals surface area contributed by atoms with Crippen LogP contribution in [0.5, 0.6) is 5.75 Å². The van der Waals surface area contributed by atoms with Gasteiger partial charge in [0.05, 0.1) is 11.6 Å². The number of primary amides is 1. The molecule has 33 heavy (non-hydrogen) atoms. The van der Waals surface area contributed by atoms with Gasteiger partial charge in [-0.1, -0.05) is 54.6 Å². The highest BCUT2D eigenvalue weighted by Gasteiger charge is 2.24. The van der Waals surface area contributed by atoms with Crippen LogP contribution in [0.15, 0.2) is 78.9 Å². The molecule has 3 N–H and O–H groups in total. The predicted molar refractivity (Wildman–Crippen MR) is 128 cm³/mol. The van der Waals surface area contributed by atoms with Crippen molar-refractivity contribution in [1.82, 2.24) is 10.2 Å². The van der Waals surface area contributed by atoms with Crippen molar-refractivity contribution < 1.29 is 14.3 Å². The third-order valence-electron chi connectivity index (χ3n) is 5.96. The minimum absolute atomic E-state index is 0.116. The molecule has 0 aliphatic carbocycles. The van der Waals surface area contributed by atoms with Crippen molar-refractivity contribution in [2.45, 2.75) is 25.5 Å². The zero-order valence-electron chi connectivity index (χ0n) is 18.6. The summed E-state index contributed by atoms with van der Waals surface area (Å²) in [6.07, 6.45) is 2.39. The number of nitrogens with one attached hydrogen (secondary N) is 1. The van der Waals surface area contributed by atoms with Gasteiger partial charge in [-0.3, -0.25) is 14.5 Å². The van der Waals surface area contributed by atoms with Crippen LogP contribution in [0.25, 0.3) is 0 Å². The van der Waals surface area contributed by atoms with Crippen LogP contribution < -0.4 is 15.8 Å². The number of carbonyl (C=O) groups excluding carboxylic acids is 2. The predicted octanol–water partition coefficient (Wildman–Crippen LogP) is 3.93. The Morgan fingerprint density at radius 1 is 0.939 bits per heavy atom. The number of nitrogens with two attached hydrogens (primary N) is 1. The number of hydrogen-bond donors (Lipinski definition) is 2. The SMILES string of the molecule is NC(=O)c1ccccc1OCc1cccc(C(=O)NC[C@H](c2ccccc2)N2CCCC2)c1. The van der Waals surface area contributed by atoms with E-state index >= 15 is 0 Å². The van der Waals surface area contributed by atoms with E-state index in [0.29, 0.717) is 23.4 Å². The minimum Gasteiger partial charge on any atom is -0.488 e. The molecule has 1 fully saturated rings. The minimum atomic E-state index is -0.537. The van der Waals surface area contributed by atoms with Crippen molar-refractivity contribution >= 4 is 11.8 Å². The highest BCUT2D eigenvalue weighted by molar-refractivity contribution is 5.95. The van der Waals surface area contributed by atoms with E-state index in [4.69, 9.17) is 10.5 Å². The molecule has 0 unspecified atom stereocenters. The smallest absolute Gasteiger partial charge is 0.252 e. The normalized spacial score (nSPS) is 14.5. The molecule has 4 rings (SSSR count). The van der Waals surface area contributed by atoms with Crippen molar-refractivity contribution in [1.29, 1.82) is 0 Å². The van der Waals surface area contributed by atoms with Gasteiger partial charge in [0.1, 0.15) is 12.4 Å². The lowest BCUT2D eigenvalue weighted by atomic mass is 10.1. The van der Waals surface area contributed by atoms with Crippen LogP contribution >= 0.6 is 0 Å². The molecule has 0 aromatic heterocycles. The van der Waals surface area contributed by atoms with Gasteiger partial charge in [-0.2, -0.15) is 0 Å². The molecule has 0 spiro atoms. The summed E-state index contributed by atoms with van der Waals surface area (Å²) in [5.74, 6) is -0.226. The number of nitrogens with zero attached hydrogens (tertiary/aromatic N) is 1. The Morgan fingerprint density at radius 3 is 2.42 bits per heavy atom. The van der Waals surface area contributed by atoms with Crippen LogP contribution in [0.2, 0.25) is 0 Å². The van der Waals surface area contributed by atoms with Crippen LogP contribution in [0.1, 0.15) is 50.7 Å². The van der Waals surface area contributed by atoms with Gasteiger partial charge >= 0.3 is 0 Å². The molecule has 1 saturated heterocycles. The Morgan fingerprint density at radius 2 is 1.67 bits per heavy atom. The van der Waals surface area contributed by atoms with Gasteiger partial charge in [0.2, 0.25) is 0 Å². The second-order valence-electron chi connectivity index (χ2n) is 8.23. The zero-order valence-corrected chi connectivity index (χ0v) is 18.6. The summed E-state index contributed by atoms with van der Waals surface area (Å²) in [5, 5.41) is 3.12. The Hall–Kier alpha value is -3.64. The number of amides is 2. The topological polar surface area (TPSA) is 84.7 Å². The first-order chi connectivity index (χ1) is 16.1. The highest BCUT2D eigenvalue weighted by Crippen LogP contribution is 2.24. The van der Waals surface area contributed by atoms with Crippen molar-refractivity contribution in [3.05, 3.63) is 101 Å². The molecule has 1 heterocycles. The van der Waals surface area contributed by atoms with Crippen LogP contribution in [0.3, 0.4) is 0 Å². The number of benzene rings is 3. The Labute approximate surface area is 194 Å². The maximum absolute atomic E-state index is 12.9. The van der Waals surface area contributed by atoms with Gasteiger partial charge in [0.25, 0.3) is 11.8 Å². The monoisotopic (exact) mass is 443 g/mol. The fourth-order valence-corrected chi connectivity index (χ4v) is 4.24. The average Bonchev–Trinajstić information content (AvgIpc) is 3.38. The maximum Gasteiger partial charge on any atom is 0.252 e. The molecule has 1 aliphatic heterocycles. The van der Waals surface area contributed by atoms with E-state index in [1.165, 1.54) is 18.4 Å². The molecular weight excluding hydrogens is 414 g/mol. The molecule has 0 bridgehead atoms. The van der Waals surface area contributed by atoms with Crippen molar-refractivity contribution in [2.75, 3.05) is 19.6 Å². The number of likely N-dealkylation sites (tertiary alicyclic amines) is 1. The molecule has 1 atom stereocenters. The van der Waals surface area contributed by atoms with E-state index in [-0.39, 0.29) is 18.6 Å². The first-order valence-electron chi connectivity index (χ1n) is 11.3. The first-order valence-corrected chi connectivity index (χ1v) is 11.3. The zero-order chi connectivity index (χ0) is 23.0. The molecule has 6 heteroatoms. The van der Waals surface area contributed by atoms with E-state index in [1.54, 1.807) is 30.3 Å². The lowest BCUT2D eigenvalue weighted by Gasteiger charge is -2.28. The summed E-state index contributed by atoms with van der Waals surface area (Å²) in [4.78, 5) is 27.0. The van der Waals surface area contributed by atoms with Crippen molar-refractivity contribution in [3.8, 4) is 5.75 Å². The molecule has 1 aliphatic rings. The number of rotatable bonds is 9. The van der Waals surface area contributed by atoms with E-state index in [0.717, 1.165) is 18.7 Å². The number of hydrogen-bond acceptors (Lipinski definition) is 4. The summed E-state index contributed by atoms with van der Waals surface area (Å²) in [6.45, 7) is 2.88. The van der Waals surface area contributed by atoms with Crippen LogP contribution in [0.4, 0.5) is 0 Å². The summed E-state index contributed by atoms with van der Waals surface area (Å²) >= 11 is 0. The first kappa shape index (κ1) is 22.6. The van der Waals surface area contributed by atoms with Crippen LogP contribution in [-0.2, 0) is 6.61 Å². The molecule has 2 amide bonds. The fourth-order valence-electron chi connectivity index (χ4n) is 4.24. The molecular formula is C27H29N3O3. The standard InChI is InChI=1S/C27H29N3O3/c28-26(31)23-13-4-5-14-25(23)33-19-20-9-8-12-22(17-20)27(32)29-18-24(30-15-6-7-16-30)21-10-2-1-3-11-21/h1-5,8-14,17,24H,6-7,15-16,18-19H2,(H2,28,31)(H,29,32)/t24-/m1/s1. The summed E-state index contributed by atoms with van der Waals surface area (Å²) < 4.78 is 5.80. The van der Waals surface area contributed by atoms with Crippen LogP contribution in [-0.4, -0.2) is 36.3 Å². The largest absolute Gasteiger partial charge is 0.488 e. The molecule has 170 valence electrons. The molecule has 3 aromatic rings. The van der Waals surface area contributed by atoms with Gasteiger partial charge in [-0.05, 0) is 61.3 Å². The second-order valence-corrected chi connectivity index (χ2v) is 8.23. The molecule has 3 aromatic carbocycles. The number of carbonyl (C=O) groups is 2. The fraction of sp³-hybridized carbons (Fsp3) is 0.259. The highest BCUT2D eigenvalue weighted by atomic mass is 16.5. The number of ether oxygens (including phenoxy) is 1. The second kappa shape index (κ2) is 10.8. The van der Waals surface area contributed by atoms with Gasteiger partial charge < -0.3 is 15.8 Å². The van der Waals surface area contributed by atoms with E-state index < -0.39 is 5.91 Å². The summed E-state index contributed by atoms with van der Waals surface area (Å²) in [7, 11) is 0. The van der Waals surface area contributed by atoms with Crippen molar-refractivity contribution in [2.24, 2.45) is 5.73 Å². The maximum atomic E-state index is 12.9. The molecule has 6 nitrogen and oxygen atoms in total.